The highest BCUT2D eigenvalue weighted by Gasteiger charge is 2.07. The van der Waals surface area contributed by atoms with Gasteiger partial charge in [0, 0.05) is 23.0 Å². The first kappa shape index (κ1) is 10.4. The van der Waals surface area contributed by atoms with E-state index in [4.69, 9.17) is 0 Å². The van der Waals surface area contributed by atoms with E-state index in [0.29, 0.717) is 0 Å². The summed E-state index contributed by atoms with van der Waals surface area (Å²) >= 11 is 4.95. The molecule has 2 aromatic rings. The van der Waals surface area contributed by atoms with Crippen molar-refractivity contribution in [3.05, 3.63) is 34.0 Å². The van der Waals surface area contributed by atoms with Crippen molar-refractivity contribution in [2.45, 2.75) is 6.92 Å². The zero-order chi connectivity index (χ0) is 10.8. The Kier molecular flexibility index (Phi) is 2.93. The van der Waals surface area contributed by atoms with Gasteiger partial charge in [0.15, 0.2) is 11.6 Å². The largest absolute Gasteiger partial charge is 0.291 e. The number of halogens is 1. The Labute approximate surface area is 99.3 Å². The van der Waals surface area contributed by atoms with Crippen LogP contribution >= 0.6 is 27.3 Å². The minimum absolute atomic E-state index is 0.118. The predicted molar refractivity (Wildman–Crippen MR) is 63.0 cm³/mol. The van der Waals surface area contributed by atoms with Crippen LogP contribution < -0.4 is 0 Å². The van der Waals surface area contributed by atoms with Crippen LogP contribution in [0.4, 0.5) is 0 Å². The molecule has 0 amide bonds. The Bertz CT molecular complexity index is 510. The molecule has 0 aliphatic rings. The van der Waals surface area contributed by atoms with Crippen LogP contribution in [0.25, 0.3) is 10.6 Å². The molecule has 0 spiro atoms. The summed E-state index contributed by atoms with van der Waals surface area (Å²) in [4.78, 5) is 20.2. The van der Waals surface area contributed by atoms with Gasteiger partial charge in [-0.2, -0.15) is 0 Å². The number of ketones is 1. The molecule has 0 aliphatic heterocycles. The predicted octanol–water partition coefficient (Wildman–Crippen LogP) is 3.17. The van der Waals surface area contributed by atoms with Crippen molar-refractivity contribution in [3.63, 3.8) is 0 Å². The number of hydrogen-bond donors (Lipinski definition) is 0. The van der Waals surface area contributed by atoms with Gasteiger partial charge in [0.2, 0.25) is 0 Å². The first-order valence-electron chi connectivity index (χ1n) is 4.25. The van der Waals surface area contributed by atoms with Crippen LogP contribution in [-0.2, 0) is 0 Å². The van der Waals surface area contributed by atoms with E-state index in [1.807, 2.05) is 11.4 Å². The van der Waals surface area contributed by atoms with Crippen molar-refractivity contribution in [2.75, 3.05) is 0 Å². The number of nitrogens with zero attached hydrogens (tertiary/aromatic N) is 2. The number of thiophene rings is 1. The topological polar surface area (TPSA) is 42.9 Å². The van der Waals surface area contributed by atoms with E-state index >= 15 is 0 Å². The second-order valence-electron chi connectivity index (χ2n) is 2.95. The molecule has 0 N–H and O–H groups in total. The third-order valence-electron chi connectivity index (χ3n) is 1.79. The van der Waals surface area contributed by atoms with Gasteiger partial charge in [-0.3, -0.25) is 4.79 Å². The van der Waals surface area contributed by atoms with Crippen LogP contribution in [0.5, 0.6) is 0 Å². The Morgan fingerprint density at radius 3 is 2.93 bits per heavy atom. The fourth-order valence-corrected chi connectivity index (χ4v) is 2.51. The lowest BCUT2D eigenvalue weighted by Crippen LogP contribution is -2.00. The van der Waals surface area contributed by atoms with E-state index in [1.54, 1.807) is 23.6 Å². The van der Waals surface area contributed by atoms with Crippen LogP contribution in [0.3, 0.4) is 0 Å². The van der Waals surface area contributed by atoms with Crippen molar-refractivity contribution < 1.29 is 4.79 Å². The Morgan fingerprint density at radius 1 is 1.53 bits per heavy atom. The lowest BCUT2D eigenvalue weighted by atomic mass is 10.3. The molecule has 0 aromatic carbocycles. The maximum atomic E-state index is 11.1. The lowest BCUT2D eigenvalue weighted by molar-refractivity contribution is 0.100. The first-order chi connectivity index (χ1) is 7.16. The number of aromatic nitrogens is 2. The average molecular weight is 283 g/mol. The molecule has 2 heterocycles. The Hall–Kier alpha value is -1.07. The lowest BCUT2D eigenvalue weighted by Gasteiger charge is -1.97. The molecule has 2 rings (SSSR count). The van der Waals surface area contributed by atoms with Gasteiger partial charge in [-0.25, -0.2) is 9.97 Å². The van der Waals surface area contributed by atoms with Crippen molar-refractivity contribution in [2.24, 2.45) is 0 Å². The molecule has 0 bridgehead atoms. The van der Waals surface area contributed by atoms with E-state index in [9.17, 15) is 4.79 Å². The van der Waals surface area contributed by atoms with Gasteiger partial charge in [-0.1, -0.05) is 0 Å². The quantitative estimate of drug-likeness (QED) is 0.795. The summed E-state index contributed by atoms with van der Waals surface area (Å²) in [7, 11) is 0. The molecule has 0 fully saturated rings. The van der Waals surface area contributed by atoms with E-state index in [1.165, 1.54) is 6.92 Å². The van der Waals surface area contributed by atoms with Gasteiger partial charge in [-0.05, 0) is 28.1 Å². The van der Waals surface area contributed by atoms with E-state index in [2.05, 4.69) is 25.9 Å². The minimum Gasteiger partial charge on any atom is -0.291 e. The van der Waals surface area contributed by atoms with Gasteiger partial charge in [0.1, 0.15) is 0 Å². The second kappa shape index (κ2) is 4.20. The molecule has 3 nitrogen and oxygen atoms in total. The van der Waals surface area contributed by atoms with Crippen LogP contribution in [0, 0.1) is 0 Å². The molecule has 0 unspecified atom stereocenters. The molecular formula is C10H7BrN2OS. The Balaban J connectivity index is 2.45. The summed E-state index contributed by atoms with van der Waals surface area (Å²) in [5.41, 5.74) is 0.783. The first-order valence-corrected chi connectivity index (χ1v) is 5.92. The number of hydrogen-bond acceptors (Lipinski definition) is 4. The average Bonchev–Trinajstić information content (AvgIpc) is 2.65. The number of carbonyl (C=O) groups excluding carboxylic acids is 1. The molecule has 5 heteroatoms. The van der Waals surface area contributed by atoms with Crippen LogP contribution in [-0.4, -0.2) is 15.8 Å². The summed E-state index contributed by atoms with van der Waals surface area (Å²) in [5, 5.41) is 1.98. The monoisotopic (exact) mass is 282 g/mol. The minimum atomic E-state index is -0.118. The van der Waals surface area contributed by atoms with E-state index in [0.717, 1.165) is 15.0 Å². The highest BCUT2D eigenvalue weighted by molar-refractivity contribution is 9.10. The maximum Gasteiger partial charge on any atom is 0.196 e. The maximum absolute atomic E-state index is 11.1. The Morgan fingerprint density at radius 2 is 2.33 bits per heavy atom. The molecule has 15 heavy (non-hydrogen) atoms. The standard InChI is InChI=1S/C10H7BrN2OS/c1-6(14)10-12-3-2-8(13-10)9-4-7(11)5-15-9/h2-5H,1H3. The summed E-state index contributed by atoms with van der Waals surface area (Å²) in [6.45, 7) is 1.46. The van der Waals surface area contributed by atoms with Crippen molar-refractivity contribution in [3.8, 4) is 10.6 Å². The fraction of sp³-hybridized carbons (Fsp3) is 0.100. The van der Waals surface area contributed by atoms with Crippen LogP contribution in [0.15, 0.2) is 28.2 Å². The third-order valence-corrected chi connectivity index (χ3v) is 3.50. The highest BCUT2D eigenvalue weighted by Crippen LogP contribution is 2.28. The van der Waals surface area contributed by atoms with Crippen LogP contribution in [0.1, 0.15) is 17.5 Å². The van der Waals surface area contributed by atoms with Crippen molar-refractivity contribution >= 4 is 33.0 Å². The zero-order valence-corrected chi connectivity index (χ0v) is 10.3. The highest BCUT2D eigenvalue weighted by atomic mass is 79.9. The third kappa shape index (κ3) is 2.30. The molecule has 2 aromatic heterocycles. The number of rotatable bonds is 2. The molecule has 0 aliphatic carbocycles. The summed E-state index contributed by atoms with van der Waals surface area (Å²) in [5.74, 6) is 0.143. The van der Waals surface area contributed by atoms with Gasteiger partial charge < -0.3 is 0 Å². The van der Waals surface area contributed by atoms with Crippen LogP contribution in [0.2, 0.25) is 0 Å². The zero-order valence-electron chi connectivity index (χ0n) is 7.90. The van der Waals surface area contributed by atoms with Gasteiger partial charge in [0.05, 0.1) is 10.6 Å². The van der Waals surface area contributed by atoms with Gasteiger partial charge >= 0.3 is 0 Å². The van der Waals surface area contributed by atoms with Gasteiger partial charge in [-0.15, -0.1) is 11.3 Å². The SMILES string of the molecule is CC(=O)c1nccc(-c2cc(Br)cs2)n1. The number of carbonyl (C=O) groups is 1. The van der Waals surface area contributed by atoms with E-state index < -0.39 is 0 Å². The van der Waals surface area contributed by atoms with Crippen molar-refractivity contribution in [1.29, 1.82) is 0 Å². The van der Waals surface area contributed by atoms with Crippen molar-refractivity contribution in [1.82, 2.24) is 9.97 Å². The molecule has 76 valence electrons. The smallest absolute Gasteiger partial charge is 0.196 e. The van der Waals surface area contributed by atoms with E-state index in [-0.39, 0.29) is 11.6 Å². The van der Waals surface area contributed by atoms with Gasteiger partial charge in [0.25, 0.3) is 0 Å². The summed E-state index contributed by atoms with van der Waals surface area (Å²) < 4.78 is 1.02. The molecule has 0 saturated carbocycles. The summed E-state index contributed by atoms with van der Waals surface area (Å²) in [6, 6.07) is 3.77. The normalized spacial score (nSPS) is 10.3. The second-order valence-corrected chi connectivity index (χ2v) is 4.78. The molecule has 0 atom stereocenters. The molecule has 0 radical (unpaired) electrons. The molecular weight excluding hydrogens is 276 g/mol. The molecule has 0 saturated heterocycles. The fourth-order valence-electron chi connectivity index (χ4n) is 1.11. The summed E-state index contributed by atoms with van der Waals surface area (Å²) in [6.07, 6.45) is 1.60. The number of Topliss-reactive ketones (excluding diaryl/α,β-unsaturated/α-hetero) is 1.